The smallest absolute Gasteiger partial charge is 0.240 e. The summed E-state index contributed by atoms with van der Waals surface area (Å²) in [6.45, 7) is 3.07. The molecule has 0 aromatic heterocycles. The Kier molecular flexibility index (Phi) is 6.49. The highest BCUT2D eigenvalue weighted by molar-refractivity contribution is 5.98. The van der Waals surface area contributed by atoms with E-state index in [2.05, 4.69) is 5.32 Å². The maximum atomic E-state index is 12.3. The maximum Gasteiger partial charge on any atom is 0.240 e. The summed E-state index contributed by atoms with van der Waals surface area (Å²) in [6.07, 6.45) is 0. The summed E-state index contributed by atoms with van der Waals surface area (Å²) in [4.78, 5) is 36.9. The van der Waals surface area contributed by atoms with E-state index in [1.165, 1.54) is 18.7 Å². The first kappa shape index (κ1) is 19.2. The summed E-state index contributed by atoms with van der Waals surface area (Å²) < 4.78 is 5.25. The van der Waals surface area contributed by atoms with E-state index in [9.17, 15) is 14.4 Å². The molecule has 0 saturated heterocycles. The van der Waals surface area contributed by atoms with Crippen LogP contribution in [0.5, 0.6) is 5.75 Å². The average molecular weight is 354 g/mol. The van der Waals surface area contributed by atoms with Crippen molar-refractivity contribution < 1.29 is 19.1 Å². The summed E-state index contributed by atoms with van der Waals surface area (Å²) in [5.41, 5.74) is 1.97. The van der Waals surface area contributed by atoms with Gasteiger partial charge in [-0.1, -0.05) is 18.2 Å². The second kappa shape index (κ2) is 8.80. The van der Waals surface area contributed by atoms with Crippen LogP contribution in [0.2, 0.25) is 0 Å². The molecular weight excluding hydrogens is 332 g/mol. The number of carbonyl (C=O) groups is 3. The van der Waals surface area contributed by atoms with Gasteiger partial charge in [0.1, 0.15) is 12.3 Å². The maximum absolute atomic E-state index is 12.3. The van der Waals surface area contributed by atoms with E-state index in [0.29, 0.717) is 23.5 Å². The number of Topliss-reactive ketones (excluding diaryl/α,β-unsaturated/α-hetero) is 1. The molecule has 2 aromatic carbocycles. The van der Waals surface area contributed by atoms with Crippen LogP contribution in [0.4, 0.5) is 5.69 Å². The number of ether oxygens (including phenoxy) is 1. The molecule has 2 aromatic rings. The van der Waals surface area contributed by atoms with Gasteiger partial charge in [-0.2, -0.15) is 0 Å². The van der Waals surface area contributed by atoms with Gasteiger partial charge >= 0.3 is 0 Å². The van der Waals surface area contributed by atoms with Crippen molar-refractivity contribution >= 4 is 23.3 Å². The van der Waals surface area contributed by atoms with E-state index in [4.69, 9.17) is 4.74 Å². The lowest BCUT2D eigenvalue weighted by molar-refractivity contribution is -0.123. The highest BCUT2D eigenvalue weighted by Gasteiger charge is 2.16. The molecule has 0 saturated carbocycles. The minimum absolute atomic E-state index is 0.0551. The predicted octanol–water partition coefficient (Wildman–Crippen LogP) is 2.57. The molecule has 0 bridgehead atoms. The number of para-hydroxylation sites is 1. The zero-order valence-corrected chi connectivity index (χ0v) is 15.1. The summed E-state index contributed by atoms with van der Waals surface area (Å²) in [5, 5.41) is 2.79. The first-order valence-corrected chi connectivity index (χ1v) is 8.20. The molecule has 2 rings (SSSR count). The van der Waals surface area contributed by atoms with Crippen LogP contribution in [0.3, 0.4) is 0 Å². The van der Waals surface area contributed by atoms with Crippen molar-refractivity contribution in [3.05, 3.63) is 59.7 Å². The van der Waals surface area contributed by atoms with Crippen molar-refractivity contribution in [1.29, 1.82) is 0 Å². The first-order valence-electron chi connectivity index (χ1n) is 8.20. The second-order valence-electron chi connectivity index (χ2n) is 5.80. The third-order valence-electron chi connectivity index (χ3n) is 3.94. The molecule has 0 radical (unpaired) electrons. The number of hydrogen-bond donors (Lipinski definition) is 1. The Bertz CT molecular complexity index is 800. The summed E-state index contributed by atoms with van der Waals surface area (Å²) >= 11 is 0. The normalized spacial score (nSPS) is 10.1. The Hall–Kier alpha value is -3.15. The molecule has 0 spiro atoms. The lowest BCUT2D eigenvalue weighted by atomic mass is 10.1. The monoisotopic (exact) mass is 354 g/mol. The van der Waals surface area contributed by atoms with E-state index in [1.54, 1.807) is 31.4 Å². The number of rotatable bonds is 7. The fourth-order valence-corrected chi connectivity index (χ4v) is 2.50. The third kappa shape index (κ3) is 4.92. The van der Waals surface area contributed by atoms with Crippen LogP contribution >= 0.6 is 0 Å². The van der Waals surface area contributed by atoms with Gasteiger partial charge in [0.05, 0.1) is 7.11 Å². The number of ketones is 1. The zero-order chi connectivity index (χ0) is 19.1. The predicted molar refractivity (Wildman–Crippen MR) is 99.3 cm³/mol. The van der Waals surface area contributed by atoms with Gasteiger partial charge in [-0.15, -0.1) is 0 Å². The van der Waals surface area contributed by atoms with Crippen molar-refractivity contribution in [2.45, 2.75) is 20.4 Å². The fraction of sp³-hybridized carbons (Fsp3) is 0.250. The highest BCUT2D eigenvalue weighted by atomic mass is 16.5. The number of nitrogens with one attached hydrogen (secondary N) is 1. The van der Waals surface area contributed by atoms with Crippen LogP contribution in [0, 0.1) is 0 Å². The van der Waals surface area contributed by atoms with Gasteiger partial charge in [0.25, 0.3) is 0 Å². The van der Waals surface area contributed by atoms with Gasteiger partial charge in [0, 0.05) is 30.3 Å². The van der Waals surface area contributed by atoms with Crippen LogP contribution in [0.15, 0.2) is 48.5 Å². The van der Waals surface area contributed by atoms with Gasteiger partial charge in [-0.3, -0.25) is 14.4 Å². The molecule has 0 fully saturated rings. The molecule has 0 aliphatic heterocycles. The van der Waals surface area contributed by atoms with Gasteiger partial charge in [-0.25, -0.2) is 0 Å². The quantitative estimate of drug-likeness (QED) is 0.776. The molecular formula is C20H22N2O4. The standard InChI is InChI=1S/C20H22N2O4/c1-14(23)16-8-10-18(11-9-16)22(15(2)24)13-20(25)21-12-17-6-4-5-7-19(17)26-3/h4-11H,12-13H2,1-3H3,(H,21,25). The van der Waals surface area contributed by atoms with E-state index in [0.717, 1.165) is 5.56 Å². The summed E-state index contributed by atoms with van der Waals surface area (Å²) in [5.74, 6) is 0.0892. The largest absolute Gasteiger partial charge is 0.496 e. The molecule has 2 amide bonds. The Balaban J connectivity index is 2.04. The Morgan fingerprint density at radius 1 is 1.00 bits per heavy atom. The fourth-order valence-electron chi connectivity index (χ4n) is 2.50. The van der Waals surface area contributed by atoms with Crippen LogP contribution in [-0.2, 0) is 16.1 Å². The molecule has 0 aliphatic rings. The number of nitrogens with zero attached hydrogens (tertiary/aromatic N) is 1. The topological polar surface area (TPSA) is 75.7 Å². The van der Waals surface area contributed by atoms with Crippen molar-refractivity contribution in [2.75, 3.05) is 18.6 Å². The molecule has 0 aliphatic carbocycles. The lowest BCUT2D eigenvalue weighted by Crippen LogP contribution is -2.39. The minimum atomic E-state index is -0.290. The zero-order valence-electron chi connectivity index (χ0n) is 15.1. The third-order valence-corrected chi connectivity index (χ3v) is 3.94. The molecule has 6 nitrogen and oxygen atoms in total. The average Bonchev–Trinajstić information content (AvgIpc) is 2.64. The molecule has 0 atom stereocenters. The summed E-state index contributed by atoms with van der Waals surface area (Å²) in [7, 11) is 1.57. The minimum Gasteiger partial charge on any atom is -0.496 e. The molecule has 26 heavy (non-hydrogen) atoms. The SMILES string of the molecule is COc1ccccc1CNC(=O)CN(C(C)=O)c1ccc(C(C)=O)cc1. The van der Waals surface area contributed by atoms with Gasteiger partial charge in [0.2, 0.25) is 11.8 Å². The van der Waals surface area contributed by atoms with Crippen molar-refractivity contribution in [3.8, 4) is 5.75 Å². The highest BCUT2D eigenvalue weighted by Crippen LogP contribution is 2.18. The number of methoxy groups -OCH3 is 1. The number of carbonyl (C=O) groups excluding carboxylic acids is 3. The Labute approximate surface area is 152 Å². The Morgan fingerprint density at radius 3 is 2.23 bits per heavy atom. The second-order valence-corrected chi connectivity index (χ2v) is 5.80. The van der Waals surface area contributed by atoms with Gasteiger partial charge in [0.15, 0.2) is 5.78 Å². The molecule has 1 N–H and O–H groups in total. The molecule has 136 valence electrons. The molecule has 0 heterocycles. The van der Waals surface area contributed by atoms with Crippen molar-refractivity contribution in [2.24, 2.45) is 0 Å². The van der Waals surface area contributed by atoms with Crippen LogP contribution in [0.25, 0.3) is 0 Å². The molecule has 0 unspecified atom stereocenters. The van der Waals surface area contributed by atoms with Gasteiger partial charge < -0.3 is 15.0 Å². The number of anilines is 1. The van der Waals surface area contributed by atoms with Crippen molar-refractivity contribution in [3.63, 3.8) is 0 Å². The van der Waals surface area contributed by atoms with Gasteiger partial charge in [-0.05, 0) is 37.3 Å². The Morgan fingerprint density at radius 2 is 1.65 bits per heavy atom. The lowest BCUT2D eigenvalue weighted by Gasteiger charge is -2.21. The van der Waals surface area contributed by atoms with E-state index in [-0.39, 0.29) is 24.1 Å². The van der Waals surface area contributed by atoms with Crippen LogP contribution < -0.4 is 15.0 Å². The summed E-state index contributed by atoms with van der Waals surface area (Å²) in [6, 6.07) is 14.0. The number of hydrogen-bond acceptors (Lipinski definition) is 4. The van der Waals surface area contributed by atoms with E-state index >= 15 is 0 Å². The van der Waals surface area contributed by atoms with E-state index in [1.807, 2.05) is 24.3 Å². The first-order chi connectivity index (χ1) is 12.4. The van der Waals surface area contributed by atoms with Crippen LogP contribution in [-0.4, -0.2) is 31.3 Å². The number of amides is 2. The number of benzene rings is 2. The van der Waals surface area contributed by atoms with E-state index < -0.39 is 0 Å². The van der Waals surface area contributed by atoms with Crippen molar-refractivity contribution in [1.82, 2.24) is 5.32 Å². The van der Waals surface area contributed by atoms with Crippen LogP contribution in [0.1, 0.15) is 29.8 Å². The molecule has 6 heteroatoms.